The van der Waals surface area contributed by atoms with Gasteiger partial charge in [0.15, 0.2) is 17.3 Å². The molecule has 1 aliphatic carbocycles. The average Bonchev–Trinajstić information content (AvgIpc) is 3.44. The van der Waals surface area contributed by atoms with E-state index in [2.05, 4.69) is 15.4 Å². The molecular formula is C24H28N4O3. The van der Waals surface area contributed by atoms with E-state index in [9.17, 15) is 4.79 Å². The Morgan fingerprint density at radius 2 is 1.97 bits per heavy atom. The first-order valence-corrected chi connectivity index (χ1v) is 10.7. The van der Waals surface area contributed by atoms with Crippen LogP contribution in [-0.2, 0) is 0 Å². The smallest absolute Gasteiger partial charge is 0.259 e. The fourth-order valence-corrected chi connectivity index (χ4v) is 3.98. The summed E-state index contributed by atoms with van der Waals surface area (Å²) in [5.74, 6) is 1.86. The summed E-state index contributed by atoms with van der Waals surface area (Å²) in [4.78, 5) is 17.5. The van der Waals surface area contributed by atoms with Gasteiger partial charge in [-0.15, -0.1) is 0 Å². The number of pyridine rings is 1. The van der Waals surface area contributed by atoms with Crippen LogP contribution in [0.2, 0.25) is 0 Å². The molecule has 0 aliphatic heterocycles. The number of methoxy groups -OCH3 is 1. The highest BCUT2D eigenvalue weighted by Crippen LogP contribution is 2.34. The zero-order valence-corrected chi connectivity index (χ0v) is 18.2. The molecule has 0 spiro atoms. The number of anilines is 1. The number of carbonyl (C=O) groups is 1. The number of rotatable bonds is 7. The predicted octanol–water partition coefficient (Wildman–Crippen LogP) is 4.97. The number of nitrogens with one attached hydrogen (secondary N) is 1. The lowest BCUT2D eigenvalue weighted by Crippen LogP contribution is -2.16. The summed E-state index contributed by atoms with van der Waals surface area (Å²) in [6, 6.07) is 11.1. The fourth-order valence-electron chi connectivity index (χ4n) is 3.98. The highest BCUT2D eigenvalue weighted by atomic mass is 16.5. The van der Waals surface area contributed by atoms with Crippen LogP contribution in [0.1, 0.15) is 61.5 Å². The Bertz CT molecular complexity index is 1040. The molecule has 0 saturated heterocycles. The summed E-state index contributed by atoms with van der Waals surface area (Å²) in [7, 11) is 1.62. The molecule has 2 heterocycles. The van der Waals surface area contributed by atoms with Gasteiger partial charge in [0, 0.05) is 18.0 Å². The van der Waals surface area contributed by atoms with Gasteiger partial charge in [-0.2, -0.15) is 5.10 Å². The molecule has 1 N–H and O–H groups in total. The van der Waals surface area contributed by atoms with Gasteiger partial charge in [0.2, 0.25) is 0 Å². The van der Waals surface area contributed by atoms with E-state index in [1.165, 1.54) is 12.8 Å². The maximum absolute atomic E-state index is 13.1. The summed E-state index contributed by atoms with van der Waals surface area (Å²) >= 11 is 0. The van der Waals surface area contributed by atoms with Crippen LogP contribution in [-0.4, -0.2) is 33.9 Å². The molecule has 0 atom stereocenters. The molecule has 4 rings (SSSR count). The summed E-state index contributed by atoms with van der Waals surface area (Å²) in [6.45, 7) is 4.07. The van der Waals surface area contributed by atoms with E-state index < -0.39 is 0 Å². The molecular weight excluding hydrogens is 392 g/mol. The second-order valence-electron chi connectivity index (χ2n) is 8.04. The van der Waals surface area contributed by atoms with Crippen molar-refractivity contribution in [2.45, 2.75) is 51.6 Å². The van der Waals surface area contributed by atoms with Crippen LogP contribution in [0.15, 0.2) is 48.8 Å². The molecule has 1 saturated carbocycles. The number of hydrogen-bond donors (Lipinski definition) is 1. The Morgan fingerprint density at radius 3 is 2.65 bits per heavy atom. The van der Waals surface area contributed by atoms with Gasteiger partial charge in [-0.25, -0.2) is 9.67 Å². The van der Waals surface area contributed by atoms with Crippen molar-refractivity contribution in [2.75, 3.05) is 12.4 Å². The van der Waals surface area contributed by atoms with Crippen LogP contribution in [0.25, 0.3) is 5.82 Å². The topological polar surface area (TPSA) is 78.3 Å². The standard InChI is InChI=1S/C24H28N4O3/c1-16(2)23-19(15-26-28(23)22-10-6-7-13-25-22)24(29)27-17-11-12-20(30-3)21(14-17)31-18-8-4-5-9-18/h6-7,10-16,18H,4-5,8-9H2,1-3H3,(H,27,29). The number of aromatic nitrogens is 3. The first-order valence-electron chi connectivity index (χ1n) is 10.7. The van der Waals surface area contributed by atoms with Crippen molar-refractivity contribution < 1.29 is 14.3 Å². The molecule has 7 heteroatoms. The molecule has 1 aromatic carbocycles. The number of amides is 1. The maximum Gasteiger partial charge on any atom is 0.259 e. The van der Waals surface area contributed by atoms with Crippen molar-refractivity contribution in [3.63, 3.8) is 0 Å². The minimum absolute atomic E-state index is 0.0855. The summed E-state index contributed by atoms with van der Waals surface area (Å²) in [6.07, 6.45) is 7.96. The summed E-state index contributed by atoms with van der Waals surface area (Å²) < 4.78 is 13.3. The van der Waals surface area contributed by atoms with E-state index in [4.69, 9.17) is 9.47 Å². The Labute approximate surface area is 182 Å². The zero-order chi connectivity index (χ0) is 21.8. The minimum Gasteiger partial charge on any atom is -0.493 e. The number of hydrogen-bond acceptors (Lipinski definition) is 5. The van der Waals surface area contributed by atoms with Crippen LogP contribution in [0.4, 0.5) is 5.69 Å². The van der Waals surface area contributed by atoms with Crippen LogP contribution in [0, 0.1) is 0 Å². The van der Waals surface area contributed by atoms with Gasteiger partial charge in [-0.3, -0.25) is 4.79 Å². The third-order valence-corrected chi connectivity index (χ3v) is 5.48. The van der Waals surface area contributed by atoms with Gasteiger partial charge in [0.05, 0.1) is 30.7 Å². The lowest BCUT2D eigenvalue weighted by atomic mass is 10.1. The lowest BCUT2D eigenvalue weighted by molar-refractivity contribution is 0.102. The van der Waals surface area contributed by atoms with Crippen molar-refractivity contribution in [1.29, 1.82) is 0 Å². The highest BCUT2D eigenvalue weighted by Gasteiger charge is 2.23. The Hall–Kier alpha value is -3.35. The third kappa shape index (κ3) is 4.55. The van der Waals surface area contributed by atoms with Gasteiger partial charge >= 0.3 is 0 Å². The Morgan fingerprint density at radius 1 is 1.16 bits per heavy atom. The van der Waals surface area contributed by atoms with E-state index in [-0.39, 0.29) is 17.9 Å². The van der Waals surface area contributed by atoms with E-state index in [1.807, 2.05) is 50.2 Å². The molecule has 2 aromatic heterocycles. The normalized spacial score (nSPS) is 14.1. The number of carbonyl (C=O) groups excluding carboxylic acids is 1. The van der Waals surface area contributed by atoms with Gasteiger partial charge in [-0.1, -0.05) is 19.9 Å². The third-order valence-electron chi connectivity index (χ3n) is 5.48. The van der Waals surface area contributed by atoms with Crippen molar-refractivity contribution in [2.24, 2.45) is 0 Å². The zero-order valence-electron chi connectivity index (χ0n) is 18.2. The predicted molar refractivity (Wildman–Crippen MR) is 119 cm³/mol. The van der Waals surface area contributed by atoms with Gasteiger partial charge in [0.1, 0.15) is 0 Å². The Balaban J connectivity index is 1.59. The van der Waals surface area contributed by atoms with E-state index >= 15 is 0 Å². The molecule has 31 heavy (non-hydrogen) atoms. The molecule has 7 nitrogen and oxygen atoms in total. The molecule has 0 radical (unpaired) electrons. The second-order valence-corrected chi connectivity index (χ2v) is 8.04. The van der Waals surface area contributed by atoms with Gasteiger partial charge in [0.25, 0.3) is 5.91 Å². The molecule has 1 amide bonds. The monoisotopic (exact) mass is 420 g/mol. The summed E-state index contributed by atoms with van der Waals surface area (Å²) in [5, 5.41) is 7.42. The number of benzene rings is 1. The SMILES string of the molecule is COc1ccc(NC(=O)c2cnn(-c3ccccn3)c2C(C)C)cc1OC1CCCC1. The van der Waals surface area contributed by atoms with E-state index in [1.54, 1.807) is 24.2 Å². The molecule has 162 valence electrons. The van der Waals surface area contributed by atoms with Crippen molar-refractivity contribution >= 4 is 11.6 Å². The molecule has 1 fully saturated rings. The second kappa shape index (κ2) is 9.20. The van der Waals surface area contributed by atoms with Crippen molar-refractivity contribution in [3.05, 3.63) is 60.0 Å². The minimum atomic E-state index is -0.220. The van der Waals surface area contributed by atoms with Crippen LogP contribution in [0.5, 0.6) is 11.5 Å². The van der Waals surface area contributed by atoms with Crippen molar-refractivity contribution in [1.82, 2.24) is 14.8 Å². The van der Waals surface area contributed by atoms with E-state index in [0.29, 0.717) is 28.6 Å². The fraction of sp³-hybridized carbons (Fsp3) is 0.375. The highest BCUT2D eigenvalue weighted by molar-refractivity contribution is 6.05. The van der Waals surface area contributed by atoms with Crippen LogP contribution < -0.4 is 14.8 Å². The molecule has 0 bridgehead atoms. The molecule has 0 unspecified atom stereocenters. The average molecular weight is 421 g/mol. The summed E-state index contributed by atoms with van der Waals surface area (Å²) in [5.41, 5.74) is 1.99. The molecule has 3 aromatic rings. The first kappa shape index (κ1) is 20.9. The van der Waals surface area contributed by atoms with E-state index in [0.717, 1.165) is 18.5 Å². The van der Waals surface area contributed by atoms with Gasteiger partial charge in [-0.05, 0) is 55.9 Å². The number of ether oxygens (including phenoxy) is 2. The molecule has 1 aliphatic rings. The maximum atomic E-state index is 13.1. The number of nitrogens with zero attached hydrogens (tertiary/aromatic N) is 3. The Kier molecular flexibility index (Phi) is 6.21. The quantitative estimate of drug-likeness (QED) is 0.584. The van der Waals surface area contributed by atoms with Crippen LogP contribution >= 0.6 is 0 Å². The lowest BCUT2D eigenvalue weighted by Gasteiger charge is -2.17. The van der Waals surface area contributed by atoms with Crippen molar-refractivity contribution in [3.8, 4) is 17.3 Å². The van der Waals surface area contributed by atoms with Crippen LogP contribution in [0.3, 0.4) is 0 Å². The van der Waals surface area contributed by atoms with Gasteiger partial charge < -0.3 is 14.8 Å². The largest absolute Gasteiger partial charge is 0.493 e. The first-order chi connectivity index (χ1) is 15.1.